The van der Waals surface area contributed by atoms with Gasteiger partial charge >= 0.3 is 12.1 Å². The molecule has 2 rings (SSSR count). The largest absolute Gasteiger partial charge is 0.490 e. The van der Waals surface area contributed by atoms with Crippen molar-refractivity contribution in [1.29, 1.82) is 0 Å². The molecular weight excluding hydrogens is 321 g/mol. The Morgan fingerprint density at radius 1 is 1.27 bits per heavy atom. The summed E-state index contributed by atoms with van der Waals surface area (Å²) in [5.41, 5.74) is 1.30. The number of hydrogen-bond donors (Lipinski definition) is 3. The van der Waals surface area contributed by atoms with E-state index in [2.05, 4.69) is 22.8 Å². The fourth-order valence-corrected chi connectivity index (χ4v) is 2.02. The van der Waals surface area contributed by atoms with Gasteiger partial charge in [0.2, 0.25) is 0 Å². The third-order valence-electron chi connectivity index (χ3n) is 3.09. The van der Waals surface area contributed by atoms with Crippen LogP contribution in [0.25, 0.3) is 0 Å². The molecule has 0 radical (unpaired) electrons. The lowest BCUT2D eigenvalue weighted by molar-refractivity contribution is -0.192. The Kier molecular flexibility index (Phi) is 7.64. The summed E-state index contributed by atoms with van der Waals surface area (Å²) in [6.07, 6.45) is -2.62. The molecule has 1 aliphatic heterocycles. The van der Waals surface area contributed by atoms with Gasteiger partial charge in [-0.2, -0.15) is 13.2 Å². The van der Waals surface area contributed by atoms with E-state index in [0.29, 0.717) is 6.04 Å². The number of nitrogens with one attached hydrogen (secondary N) is 2. The second-order valence-electron chi connectivity index (χ2n) is 4.83. The van der Waals surface area contributed by atoms with Crippen LogP contribution < -0.4 is 10.6 Å². The molecule has 3 N–H and O–H groups in total. The van der Waals surface area contributed by atoms with Crippen LogP contribution in [0, 0.1) is 0 Å². The van der Waals surface area contributed by atoms with Gasteiger partial charge < -0.3 is 15.7 Å². The molecule has 8 heteroatoms. The van der Waals surface area contributed by atoms with Gasteiger partial charge in [-0.25, -0.2) is 4.79 Å². The summed E-state index contributed by atoms with van der Waals surface area (Å²) in [7, 11) is 0. The Labute approximate surface area is 131 Å². The molecule has 1 heterocycles. The first-order valence-electron chi connectivity index (χ1n) is 6.77. The molecule has 0 aromatic heterocycles. The number of piperidine rings is 1. The van der Waals surface area contributed by atoms with Crippen LogP contribution in [0.4, 0.5) is 13.2 Å². The first-order valence-corrected chi connectivity index (χ1v) is 7.15. The predicted octanol–water partition coefficient (Wildman–Crippen LogP) is 2.81. The van der Waals surface area contributed by atoms with E-state index in [9.17, 15) is 13.2 Å². The van der Waals surface area contributed by atoms with E-state index in [4.69, 9.17) is 21.5 Å². The molecule has 0 unspecified atom stereocenters. The van der Waals surface area contributed by atoms with Crippen LogP contribution in [-0.2, 0) is 11.3 Å². The Morgan fingerprint density at radius 3 is 2.23 bits per heavy atom. The van der Waals surface area contributed by atoms with Crippen LogP contribution in [0.2, 0.25) is 5.02 Å². The van der Waals surface area contributed by atoms with Gasteiger partial charge in [0.1, 0.15) is 0 Å². The molecular formula is C14H18ClF3N2O2. The molecule has 22 heavy (non-hydrogen) atoms. The summed E-state index contributed by atoms with van der Waals surface area (Å²) >= 11 is 5.83. The van der Waals surface area contributed by atoms with E-state index in [1.165, 1.54) is 18.4 Å². The molecule has 1 saturated heterocycles. The molecule has 1 aliphatic rings. The molecule has 0 amide bonds. The molecule has 1 aromatic carbocycles. The Morgan fingerprint density at radius 2 is 1.77 bits per heavy atom. The Bertz CT molecular complexity index is 460. The van der Waals surface area contributed by atoms with Gasteiger partial charge in [0, 0.05) is 17.6 Å². The van der Waals surface area contributed by atoms with Crippen molar-refractivity contribution in [2.75, 3.05) is 13.1 Å². The summed E-state index contributed by atoms with van der Waals surface area (Å²) in [5, 5.41) is 14.9. The van der Waals surface area contributed by atoms with Crippen molar-refractivity contribution in [3.8, 4) is 0 Å². The van der Waals surface area contributed by atoms with E-state index in [-0.39, 0.29) is 0 Å². The normalized spacial score (nSPS) is 15.8. The molecule has 0 aliphatic carbocycles. The highest BCUT2D eigenvalue weighted by molar-refractivity contribution is 6.30. The average Bonchev–Trinajstić information content (AvgIpc) is 2.47. The Hall–Kier alpha value is -1.31. The van der Waals surface area contributed by atoms with Crippen molar-refractivity contribution in [2.24, 2.45) is 0 Å². The Balaban J connectivity index is 0.000000295. The average molecular weight is 339 g/mol. The summed E-state index contributed by atoms with van der Waals surface area (Å²) in [6, 6.07) is 8.72. The molecule has 124 valence electrons. The van der Waals surface area contributed by atoms with Crippen LogP contribution in [-0.4, -0.2) is 36.4 Å². The lowest BCUT2D eigenvalue weighted by Crippen LogP contribution is -2.39. The lowest BCUT2D eigenvalue weighted by Gasteiger charge is -2.23. The SMILES string of the molecule is Clc1ccc(CNC2CCNCC2)cc1.O=C(O)C(F)(F)F. The number of carboxylic acid groups (broad SMARTS) is 1. The molecule has 0 bridgehead atoms. The van der Waals surface area contributed by atoms with Crippen LogP contribution >= 0.6 is 11.6 Å². The maximum Gasteiger partial charge on any atom is 0.490 e. The zero-order valence-electron chi connectivity index (χ0n) is 11.8. The van der Waals surface area contributed by atoms with Gasteiger partial charge in [0.05, 0.1) is 0 Å². The third kappa shape index (κ3) is 7.63. The van der Waals surface area contributed by atoms with E-state index in [1.54, 1.807) is 0 Å². The maximum absolute atomic E-state index is 10.6. The minimum atomic E-state index is -5.08. The number of carbonyl (C=O) groups is 1. The fourth-order valence-electron chi connectivity index (χ4n) is 1.89. The standard InChI is InChI=1S/C12H17ClN2.C2HF3O2/c13-11-3-1-10(2-4-11)9-15-12-5-7-14-8-6-12;3-2(4,5)1(6)7/h1-4,12,14-15H,5-9H2;(H,6,7). The zero-order valence-corrected chi connectivity index (χ0v) is 12.5. The van der Waals surface area contributed by atoms with Crippen molar-refractivity contribution in [3.05, 3.63) is 34.9 Å². The highest BCUT2D eigenvalue weighted by Crippen LogP contribution is 2.13. The van der Waals surface area contributed by atoms with Crippen molar-refractivity contribution in [1.82, 2.24) is 10.6 Å². The van der Waals surface area contributed by atoms with E-state index < -0.39 is 12.1 Å². The highest BCUT2D eigenvalue weighted by atomic mass is 35.5. The highest BCUT2D eigenvalue weighted by Gasteiger charge is 2.38. The second-order valence-corrected chi connectivity index (χ2v) is 5.27. The van der Waals surface area contributed by atoms with E-state index in [1.807, 2.05) is 12.1 Å². The first kappa shape index (κ1) is 18.7. The number of aliphatic carboxylic acids is 1. The molecule has 1 fully saturated rings. The molecule has 1 aromatic rings. The number of benzene rings is 1. The van der Waals surface area contributed by atoms with Crippen LogP contribution in [0.5, 0.6) is 0 Å². The smallest absolute Gasteiger partial charge is 0.475 e. The van der Waals surface area contributed by atoms with E-state index in [0.717, 1.165) is 24.7 Å². The molecule has 0 spiro atoms. The lowest BCUT2D eigenvalue weighted by atomic mass is 10.1. The third-order valence-corrected chi connectivity index (χ3v) is 3.34. The topological polar surface area (TPSA) is 61.4 Å². The van der Waals surface area contributed by atoms with Gasteiger partial charge in [-0.3, -0.25) is 0 Å². The van der Waals surface area contributed by atoms with E-state index >= 15 is 0 Å². The van der Waals surface area contributed by atoms with Gasteiger partial charge in [0.15, 0.2) is 0 Å². The number of halogens is 4. The first-order chi connectivity index (χ1) is 10.3. The van der Waals surface area contributed by atoms with Gasteiger partial charge in [-0.15, -0.1) is 0 Å². The number of carboxylic acids is 1. The number of alkyl halides is 3. The van der Waals surface area contributed by atoms with Crippen LogP contribution in [0.1, 0.15) is 18.4 Å². The van der Waals surface area contributed by atoms with Gasteiger partial charge in [-0.05, 0) is 43.6 Å². The van der Waals surface area contributed by atoms with Gasteiger partial charge in [-0.1, -0.05) is 23.7 Å². The van der Waals surface area contributed by atoms with Crippen molar-refractivity contribution in [2.45, 2.75) is 31.6 Å². The van der Waals surface area contributed by atoms with Crippen molar-refractivity contribution in [3.63, 3.8) is 0 Å². The van der Waals surface area contributed by atoms with Crippen LogP contribution in [0.15, 0.2) is 24.3 Å². The summed E-state index contributed by atoms with van der Waals surface area (Å²) in [5.74, 6) is -2.76. The number of rotatable bonds is 3. The molecule has 4 nitrogen and oxygen atoms in total. The number of hydrogen-bond acceptors (Lipinski definition) is 3. The summed E-state index contributed by atoms with van der Waals surface area (Å²) in [6.45, 7) is 3.22. The summed E-state index contributed by atoms with van der Waals surface area (Å²) < 4.78 is 31.7. The monoisotopic (exact) mass is 338 g/mol. The quantitative estimate of drug-likeness (QED) is 0.793. The fraction of sp³-hybridized carbons (Fsp3) is 0.500. The molecule has 0 saturated carbocycles. The summed E-state index contributed by atoms with van der Waals surface area (Å²) in [4.78, 5) is 8.90. The minimum absolute atomic E-state index is 0.668. The predicted molar refractivity (Wildman–Crippen MR) is 77.9 cm³/mol. The second kappa shape index (κ2) is 8.97. The van der Waals surface area contributed by atoms with Gasteiger partial charge in [0.25, 0.3) is 0 Å². The zero-order chi connectivity index (χ0) is 16.6. The molecule has 0 atom stereocenters. The van der Waals surface area contributed by atoms with Crippen molar-refractivity contribution < 1.29 is 23.1 Å². The van der Waals surface area contributed by atoms with Crippen molar-refractivity contribution >= 4 is 17.6 Å². The minimum Gasteiger partial charge on any atom is -0.475 e. The van der Waals surface area contributed by atoms with Crippen LogP contribution in [0.3, 0.4) is 0 Å². The maximum atomic E-state index is 10.6.